The van der Waals surface area contributed by atoms with Gasteiger partial charge in [-0.05, 0) is 66.2 Å². The van der Waals surface area contributed by atoms with Gasteiger partial charge in [-0.25, -0.2) is 22.6 Å². The second-order valence-corrected chi connectivity index (χ2v) is 11.3. The topological polar surface area (TPSA) is 125 Å². The van der Waals surface area contributed by atoms with E-state index in [1.807, 2.05) is 58.8 Å². The van der Waals surface area contributed by atoms with Gasteiger partial charge >= 0.3 is 0 Å². The number of nitrogens with one attached hydrogen (secondary N) is 2. The number of H-pyrrole nitrogens is 1. The Hall–Kier alpha value is -2.80. The van der Waals surface area contributed by atoms with Crippen LogP contribution in [-0.4, -0.2) is 91.7 Å². The van der Waals surface area contributed by atoms with Gasteiger partial charge in [-0.3, -0.25) is 4.79 Å². The number of sulfonamides is 1. The first-order valence-electron chi connectivity index (χ1n) is 12.6. The first kappa shape index (κ1) is 28.8. The van der Waals surface area contributed by atoms with Crippen molar-refractivity contribution in [2.24, 2.45) is 0 Å². The molecule has 0 saturated carbocycles. The Morgan fingerprint density at radius 3 is 2.35 bits per heavy atom. The first-order chi connectivity index (χ1) is 17.5. The van der Waals surface area contributed by atoms with E-state index in [1.165, 1.54) is 12.1 Å². The number of aryl methyl sites for hydroxylation is 2. The maximum atomic E-state index is 13.4. The first-order valence-corrected chi connectivity index (χ1v) is 14.1. The maximum absolute atomic E-state index is 13.4. The molecule has 0 unspecified atom stereocenters. The predicted octanol–water partition coefficient (Wildman–Crippen LogP) is 1.77. The third-order valence-corrected chi connectivity index (χ3v) is 7.28. The Labute approximate surface area is 218 Å². The highest BCUT2D eigenvalue weighted by Crippen LogP contribution is 2.30. The molecular weight excluding hydrogens is 494 g/mol. The summed E-state index contributed by atoms with van der Waals surface area (Å²) in [5.74, 6) is 1.34. The Bertz CT molecular complexity index is 1370. The zero-order chi connectivity index (χ0) is 27.3. The molecule has 0 atom stereocenters. The molecule has 3 rings (SSSR count). The number of likely N-dealkylation sites (N-methyl/N-ethyl adjacent to an activating group) is 2. The average Bonchev–Trinajstić information content (AvgIpc) is 3.16. The van der Waals surface area contributed by atoms with Crippen LogP contribution in [0.3, 0.4) is 0 Å². The van der Waals surface area contributed by atoms with E-state index >= 15 is 0 Å². The van der Waals surface area contributed by atoms with Gasteiger partial charge in [0.1, 0.15) is 11.6 Å². The van der Waals surface area contributed by atoms with Gasteiger partial charge in [0.25, 0.3) is 5.56 Å². The van der Waals surface area contributed by atoms with E-state index < -0.39 is 10.0 Å². The van der Waals surface area contributed by atoms with Crippen molar-refractivity contribution in [2.45, 2.75) is 51.0 Å². The number of aromatic amines is 1. The monoisotopic (exact) mass is 533 g/mol. The normalized spacial score (nSPS) is 12.4. The van der Waals surface area contributed by atoms with Crippen molar-refractivity contribution in [3.8, 4) is 17.1 Å². The molecule has 37 heavy (non-hydrogen) atoms. The smallest absolute Gasteiger partial charge is 0.277 e. The molecule has 0 aliphatic carbocycles. The van der Waals surface area contributed by atoms with Crippen molar-refractivity contribution in [1.82, 2.24) is 34.1 Å². The van der Waals surface area contributed by atoms with Gasteiger partial charge in [0.2, 0.25) is 10.0 Å². The van der Waals surface area contributed by atoms with E-state index in [0.29, 0.717) is 60.9 Å². The van der Waals surface area contributed by atoms with Crippen LogP contribution >= 0.6 is 0 Å². The number of hydrogen-bond acceptors (Lipinski definition) is 8. The Balaban J connectivity index is 2.14. The van der Waals surface area contributed by atoms with E-state index in [2.05, 4.69) is 19.8 Å². The van der Waals surface area contributed by atoms with Gasteiger partial charge in [-0.2, -0.15) is 0 Å². The minimum atomic E-state index is -3.88. The minimum absolute atomic E-state index is 0.0601. The number of nitrogens with zero attached hydrogens (tertiary/aromatic N) is 5. The zero-order valence-corrected chi connectivity index (χ0v) is 23.6. The van der Waals surface area contributed by atoms with Crippen molar-refractivity contribution < 1.29 is 13.2 Å². The summed E-state index contributed by atoms with van der Waals surface area (Å²) in [5.41, 5.74) is 1.15. The molecule has 2 N–H and O–H groups in total. The largest absolute Gasteiger partial charge is 0.493 e. The van der Waals surface area contributed by atoms with Crippen LogP contribution in [0.2, 0.25) is 0 Å². The summed E-state index contributed by atoms with van der Waals surface area (Å²) in [5, 5.41) is 4.69. The minimum Gasteiger partial charge on any atom is -0.493 e. The summed E-state index contributed by atoms with van der Waals surface area (Å²) in [6, 6.07) is 4.28. The number of aromatic nitrogens is 4. The van der Waals surface area contributed by atoms with Crippen LogP contribution in [0.5, 0.6) is 5.75 Å². The lowest BCUT2D eigenvalue weighted by atomic mass is 10.2. The summed E-state index contributed by atoms with van der Waals surface area (Å²) in [6.45, 7) is 7.25. The van der Waals surface area contributed by atoms with E-state index in [0.717, 1.165) is 6.42 Å². The molecule has 0 radical (unpaired) electrons. The highest BCUT2D eigenvalue weighted by Gasteiger charge is 2.24. The molecule has 0 bridgehead atoms. The molecule has 12 heteroatoms. The van der Waals surface area contributed by atoms with Crippen molar-refractivity contribution in [1.29, 1.82) is 0 Å². The molecule has 2 heterocycles. The van der Waals surface area contributed by atoms with Gasteiger partial charge in [0.05, 0.1) is 22.8 Å². The quantitative estimate of drug-likeness (QED) is 0.341. The van der Waals surface area contributed by atoms with Gasteiger partial charge < -0.3 is 19.5 Å². The number of fused-ring (bicyclic) bond motifs is 1. The molecule has 2 aromatic heterocycles. The maximum Gasteiger partial charge on any atom is 0.277 e. The summed E-state index contributed by atoms with van der Waals surface area (Å²) in [6.07, 6.45) is 2.10. The standard InChI is InChI=1S/C25H39N7O4S/c1-8-11-22-26-20(9-2)23-25(33)27-24(28-32(22)23)19-14-18(12-13-21(19)36-10-3)37(34,35)29-17(15-30(4)5)16-31(6)7/h12-14,17,29H,8-11,15-16H2,1-7H3,(H,27,28,33). The Morgan fingerprint density at radius 2 is 1.78 bits per heavy atom. The number of ether oxygens (including phenoxy) is 1. The molecule has 3 aromatic rings. The van der Waals surface area contributed by atoms with Gasteiger partial charge in [-0.15, -0.1) is 5.10 Å². The zero-order valence-electron chi connectivity index (χ0n) is 22.8. The lowest BCUT2D eigenvalue weighted by molar-refractivity contribution is 0.296. The van der Waals surface area contributed by atoms with Crippen molar-refractivity contribution >= 4 is 15.5 Å². The fourth-order valence-corrected chi connectivity index (χ4v) is 5.58. The third-order valence-electron chi connectivity index (χ3n) is 5.76. The summed E-state index contributed by atoms with van der Waals surface area (Å²) in [4.78, 5) is 24.5. The van der Waals surface area contributed by atoms with Crippen molar-refractivity contribution in [3.63, 3.8) is 0 Å². The van der Waals surface area contributed by atoms with Crippen LogP contribution in [0.15, 0.2) is 27.9 Å². The average molecular weight is 534 g/mol. The van der Waals surface area contributed by atoms with Crippen molar-refractivity contribution in [2.75, 3.05) is 47.9 Å². The van der Waals surface area contributed by atoms with E-state index in [4.69, 9.17) is 4.74 Å². The van der Waals surface area contributed by atoms with Crippen molar-refractivity contribution in [3.05, 3.63) is 40.1 Å². The van der Waals surface area contributed by atoms with E-state index in [1.54, 1.807) is 10.6 Å². The molecule has 0 spiro atoms. The van der Waals surface area contributed by atoms with Crippen LogP contribution in [0.25, 0.3) is 16.9 Å². The molecular formula is C25H39N7O4S. The summed E-state index contributed by atoms with van der Waals surface area (Å²) in [7, 11) is 3.72. The second-order valence-electron chi connectivity index (χ2n) is 9.58. The fourth-order valence-electron chi connectivity index (χ4n) is 4.33. The molecule has 0 amide bonds. The number of rotatable bonds is 13. The summed E-state index contributed by atoms with van der Waals surface area (Å²) < 4.78 is 37.0. The number of hydrogen-bond donors (Lipinski definition) is 2. The molecule has 1 aromatic carbocycles. The second kappa shape index (κ2) is 12.2. The molecule has 0 aliphatic rings. The van der Waals surface area contributed by atoms with Gasteiger partial charge in [-0.1, -0.05) is 13.8 Å². The fraction of sp³-hybridized carbons (Fsp3) is 0.560. The third kappa shape index (κ3) is 6.75. The van der Waals surface area contributed by atoms with Crippen LogP contribution in [0.4, 0.5) is 0 Å². The highest BCUT2D eigenvalue weighted by atomic mass is 32.2. The van der Waals surface area contributed by atoms with E-state index in [-0.39, 0.29) is 22.3 Å². The number of imidazole rings is 1. The predicted molar refractivity (Wildman–Crippen MR) is 145 cm³/mol. The molecule has 204 valence electrons. The van der Waals surface area contributed by atoms with Gasteiger partial charge in [0, 0.05) is 25.6 Å². The highest BCUT2D eigenvalue weighted by molar-refractivity contribution is 7.89. The molecule has 0 saturated heterocycles. The lowest BCUT2D eigenvalue weighted by Crippen LogP contribution is -2.47. The van der Waals surface area contributed by atoms with Crippen LogP contribution in [-0.2, 0) is 22.9 Å². The molecule has 11 nitrogen and oxygen atoms in total. The SMILES string of the molecule is CCCc1nc(CC)c2c(=O)[nH]c(-c3cc(S(=O)(=O)NC(CN(C)C)CN(C)C)ccc3OCC)nn12. The van der Waals surface area contributed by atoms with E-state index in [9.17, 15) is 13.2 Å². The lowest BCUT2D eigenvalue weighted by Gasteiger charge is -2.25. The molecule has 0 fully saturated rings. The van der Waals surface area contributed by atoms with Crippen LogP contribution in [0, 0.1) is 0 Å². The Kier molecular flexibility index (Phi) is 9.46. The number of benzene rings is 1. The Morgan fingerprint density at radius 1 is 1.11 bits per heavy atom. The van der Waals surface area contributed by atoms with Crippen LogP contribution < -0.4 is 15.0 Å². The summed E-state index contributed by atoms with van der Waals surface area (Å²) >= 11 is 0. The molecule has 0 aliphatic heterocycles. The van der Waals surface area contributed by atoms with Crippen LogP contribution in [0.1, 0.15) is 38.7 Å². The van der Waals surface area contributed by atoms with Gasteiger partial charge in [0.15, 0.2) is 11.3 Å².